The Balaban J connectivity index is 2.08. The third kappa shape index (κ3) is 2.66. The van der Waals surface area contributed by atoms with Crippen LogP contribution >= 0.6 is 0 Å². The van der Waals surface area contributed by atoms with Crippen molar-refractivity contribution in [1.29, 1.82) is 0 Å². The van der Waals surface area contributed by atoms with Crippen LogP contribution in [-0.4, -0.2) is 36.6 Å². The van der Waals surface area contributed by atoms with E-state index in [0.717, 1.165) is 10.6 Å². The van der Waals surface area contributed by atoms with Crippen LogP contribution in [0.3, 0.4) is 0 Å². The first-order valence-electron chi connectivity index (χ1n) is 6.71. The van der Waals surface area contributed by atoms with Gasteiger partial charge in [0.25, 0.3) is 5.56 Å². The van der Waals surface area contributed by atoms with E-state index < -0.39 is 33.3 Å². The maximum atomic E-state index is 12.3. The van der Waals surface area contributed by atoms with Crippen molar-refractivity contribution in [2.24, 2.45) is 7.05 Å². The number of ether oxygens (including phenoxy) is 1. The van der Waals surface area contributed by atoms with Gasteiger partial charge in [-0.15, -0.1) is 0 Å². The fraction of sp³-hybridized carbons (Fsp3) is 0.308. The number of aromatic nitrogens is 2. The summed E-state index contributed by atoms with van der Waals surface area (Å²) in [4.78, 5) is 37.3. The van der Waals surface area contributed by atoms with E-state index in [1.54, 1.807) is 0 Å². The summed E-state index contributed by atoms with van der Waals surface area (Å²) in [7, 11) is -2.71. The van der Waals surface area contributed by atoms with Crippen LogP contribution in [0.2, 0.25) is 0 Å². The zero-order valence-corrected chi connectivity index (χ0v) is 12.8. The van der Waals surface area contributed by atoms with Crippen LogP contribution in [0.15, 0.2) is 32.7 Å². The number of hydrogen-bond acceptors (Lipinski definition) is 6. The van der Waals surface area contributed by atoms with Crippen molar-refractivity contribution in [3.8, 4) is 0 Å². The molecule has 122 valence electrons. The predicted molar refractivity (Wildman–Crippen MR) is 79.5 cm³/mol. The minimum atomic E-state index is -4.00. The summed E-state index contributed by atoms with van der Waals surface area (Å²) >= 11 is 0. The zero-order chi connectivity index (χ0) is 16.8. The molecule has 1 atom stereocenters. The standard InChI is InChI=1S/C13H13N3O6S/c1-16-11(17)8-6-7(2-3-9(8)14-13(16)19)23(20,21)15-10-4-5-22-12(10)18/h2-3,6,10,15H,4-5H2,1H3,(H,14,19)/t10-/m1/s1. The van der Waals surface area contributed by atoms with E-state index in [1.165, 1.54) is 19.2 Å². The number of fused-ring (bicyclic) bond motifs is 1. The number of aromatic amines is 1. The van der Waals surface area contributed by atoms with Gasteiger partial charge in [-0.2, -0.15) is 4.72 Å². The highest BCUT2D eigenvalue weighted by Gasteiger charge is 2.31. The molecule has 0 spiro atoms. The maximum Gasteiger partial charge on any atom is 0.328 e. The van der Waals surface area contributed by atoms with Crippen molar-refractivity contribution < 1.29 is 17.9 Å². The van der Waals surface area contributed by atoms with Crippen LogP contribution in [0.5, 0.6) is 0 Å². The highest BCUT2D eigenvalue weighted by molar-refractivity contribution is 7.89. The summed E-state index contributed by atoms with van der Waals surface area (Å²) < 4.78 is 32.5. The lowest BCUT2D eigenvalue weighted by atomic mass is 10.2. The van der Waals surface area contributed by atoms with E-state index in [9.17, 15) is 22.8 Å². The molecular formula is C13H13N3O6S. The molecule has 9 nitrogen and oxygen atoms in total. The third-order valence-electron chi connectivity index (χ3n) is 3.62. The van der Waals surface area contributed by atoms with Crippen molar-refractivity contribution in [1.82, 2.24) is 14.3 Å². The van der Waals surface area contributed by atoms with Crippen LogP contribution in [0, 0.1) is 0 Å². The molecular weight excluding hydrogens is 326 g/mol. The van der Waals surface area contributed by atoms with Gasteiger partial charge >= 0.3 is 11.7 Å². The number of carbonyl (C=O) groups excluding carboxylic acids is 1. The number of cyclic esters (lactones) is 1. The first-order valence-corrected chi connectivity index (χ1v) is 8.20. The minimum absolute atomic E-state index is 0.0592. The van der Waals surface area contributed by atoms with E-state index >= 15 is 0 Å². The molecule has 1 fully saturated rings. The molecule has 1 saturated heterocycles. The SMILES string of the molecule is Cn1c(=O)[nH]c2ccc(S(=O)(=O)N[C@@H]3CCOC3=O)cc2c1=O. The van der Waals surface area contributed by atoms with Gasteiger partial charge in [0, 0.05) is 13.5 Å². The van der Waals surface area contributed by atoms with Gasteiger partial charge in [-0.1, -0.05) is 0 Å². The van der Waals surface area contributed by atoms with Gasteiger partial charge in [0.1, 0.15) is 6.04 Å². The molecule has 2 heterocycles. The van der Waals surface area contributed by atoms with Gasteiger partial charge in [-0.25, -0.2) is 13.2 Å². The number of esters is 1. The van der Waals surface area contributed by atoms with E-state index in [0.29, 0.717) is 0 Å². The number of nitrogens with one attached hydrogen (secondary N) is 2. The summed E-state index contributed by atoms with van der Waals surface area (Å²) in [6.45, 7) is 0.158. The maximum absolute atomic E-state index is 12.3. The summed E-state index contributed by atoms with van der Waals surface area (Å²) in [5.41, 5.74) is -0.969. The Hall–Kier alpha value is -2.46. The fourth-order valence-electron chi connectivity index (χ4n) is 2.31. The predicted octanol–water partition coefficient (Wildman–Crippen LogP) is -1.18. The summed E-state index contributed by atoms with van der Waals surface area (Å²) in [5, 5.41) is 0.0592. The van der Waals surface area contributed by atoms with Crippen LogP contribution in [0.4, 0.5) is 0 Å². The Morgan fingerprint density at radius 3 is 2.70 bits per heavy atom. The first-order chi connectivity index (χ1) is 10.8. The number of rotatable bonds is 3. The van der Waals surface area contributed by atoms with E-state index in [1.807, 2.05) is 0 Å². The van der Waals surface area contributed by atoms with Crippen molar-refractivity contribution in [3.63, 3.8) is 0 Å². The highest BCUT2D eigenvalue weighted by Crippen LogP contribution is 2.16. The van der Waals surface area contributed by atoms with Crippen LogP contribution in [-0.2, 0) is 26.6 Å². The Bertz CT molecular complexity index is 1020. The first kappa shape index (κ1) is 15.4. The monoisotopic (exact) mass is 339 g/mol. The van der Waals surface area contributed by atoms with Gasteiger partial charge in [0.2, 0.25) is 10.0 Å². The smallest absolute Gasteiger partial charge is 0.328 e. The molecule has 1 aromatic heterocycles. The summed E-state index contributed by atoms with van der Waals surface area (Å²) in [5.74, 6) is -0.630. The number of benzene rings is 1. The molecule has 2 N–H and O–H groups in total. The molecule has 0 bridgehead atoms. The molecule has 0 unspecified atom stereocenters. The minimum Gasteiger partial charge on any atom is -0.464 e. The van der Waals surface area contributed by atoms with Crippen molar-refractivity contribution in [3.05, 3.63) is 39.0 Å². The molecule has 3 rings (SSSR count). The average Bonchev–Trinajstić information content (AvgIpc) is 2.89. The molecule has 1 aliphatic heterocycles. The molecule has 0 saturated carbocycles. The Morgan fingerprint density at radius 2 is 2.04 bits per heavy atom. The quantitative estimate of drug-likeness (QED) is 0.678. The Kier molecular flexibility index (Phi) is 3.57. The third-order valence-corrected chi connectivity index (χ3v) is 5.08. The zero-order valence-electron chi connectivity index (χ0n) is 12.0. The van der Waals surface area contributed by atoms with Crippen LogP contribution in [0.25, 0.3) is 10.9 Å². The number of carbonyl (C=O) groups is 1. The average molecular weight is 339 g/mol. The van der Waals surface area contributed by atoms with Gasteiger partial charge in [-0.3, -0.25) is 14.2 Å². The van der Waals surface area contributed by atoms with Gasteiger partial charge in [0.05, 0.1) is 22.4 Å². The molecule has 23 heavy (non-hydrogen) atoms. The van der Waals surface area contributed by atoms with Crippen LogP contribution < -0.4 is 16.0 Å². The van der Waals surface area contributed by atoms with E-state index in [2.05, 4.69) is 9.71 Å². The van der Waals surface area contributed by atoms with Gasteiger partial charge in [0.15, 0.2) is 0 Å². The number of H-pyrrole nitrogens is 1. The molecule has 0 aliphatic carbocycles. The van der Waals surface area contributed by atoms with Crippen molar-refractivity contribution in [2.75, 3.05) is 6.61 Å². The topological polar surface area (TPSA) is 127 Å². The number of nitrogens with zero attached hydrogens (tertiary/aromatic N) is 1. The van der Waals surface area contributed by atoms with Crippen LogP contribution in [0.1, 0.15) is 6.42 Å². The Labute approximate surface area is 129 Å². The molecule has 0 radical (unpaired) electrons. The lowest BCUT2D eigenvalue weighted by Crippen LogP contribution is -2.38. The summed E-state index contributed by atoms with van der Waals surface area (Å²) in [6.07, 6.45) is 0.251. The lowest BCUT2D eigenvalue weighted by molar-refractivity contribution is -0.139. The second-order valence-corrected chi connectivity index (χ2v) is 6.85. The van der Waals surface area contributed by atoms with Gasteiger partial charge < -0.3 is 9.72 Å². The normalized spacial score (nSPS) is 18.3. The summed E-state index contributed by atoms with van der Waals surface area (Å²) in [6, 6.07) is 2.81. The molecule has 1 aromatic carbocycles. The van der Waals surface area contributed by atoms with Crippen molar-refractivity contribution in [2.45, 2.75) is 17.4 Å². The molecule has 10 heteroatoms. The number of sulfonamides is 1. The number of hydrogen-bond donors (Lipinski definition) is 2. The van der Waals surface area contributed by atoms with Crippen molar-refractivity contribution >= 4 is 26.9 Å². The highest BCUT2D eigenvalue weighted by atomic mass is 32.2. The molecule has 2 aromatic rings. The Morgan fingerprint density at radius 1 is 1.30 bits per heavy atom. The second-order valence-electron chi connectivity index (χ2n) is 5.13. The largest absolute Gasteiger partial charge is 0.464 e. The molecule has 1 aliphatic rings. The molecule has 0 amide bonds. The van der Waals surface area contributed by atoms with Gasteiger partial charge in [-0.05, 0) is 18.2 Å². The van der Waals surface area contributed by atoms with E-state index in [-0.39, 0.29) is 28.8 Å². The fourth-order valence-corrected chi connectivity index (χ4v) is 3.55. The second kappa shape index (κ2) is 5.32. The lowest BCUT2D eigenvalue weighted by Gasteiger charge is -2.10. The van der Waals surface area contributed by atoms with E-state index in [4.69, 9.17) is 4.74 Å².